The molecule has 0 saturated heterocycles. The van der Waals surface area contributed by atoms with Crippen molar-refractivity contribution < 1.29 is 14.3 Å². The van der Waals surface area contributed by atoms with E-state index in [1.807, 2.05) is 19.1 Å². The number of amides is 1. The van der Waals surface area contributed by atoms with E-state index in [9.17, 15) is 4.79 Å². The van der Waals surface area contributed by atoms with Crippen molar-refractivity contribution in [2.75, 3.05) is 20.3 Å². The molecule has 2 aromatic carbocycles. The monoisotopic (exact) mass is 327 g/mol. The highest BCUT2D eigenvalue weighted by Crippen LogP contribution is 2.23. The van der Waals surface area contributed by atoms with Crippen LogP contribution in [0.1, 0.15) is 19.4 Å². The first-order valence-electron chi connectivity index (χ1n) is 8.20. The summed E-state index contributed by atoms with van der Waals surface area (Å²) in [6, 6.07) is 16.5. The van der Waals surface area contributed by atoms with Crippen LogP contribution in [0, 0.1) is 0 Å². The largest absolute Gasteiger partial charge is 0.494 e. The van der Waals surface area contributed by atoms with Crippen LogP contribution in [0.3, 0.4) is 0 Å². The summed E-state index contributed by atoms with van der Waals surface area (Å²) in [4.78, 5) is 11.3. The summed E-state index contributed by atoms with van der Waals surface area (Å²) < 4.78 is 10.6. The van der Waals surface area contributed by atoms with Crippen LogP contribution in [0.2, 0.25) is 0 Å². The van der Waals surface area contributed by atoms with Crippen LogP contribution in [0.5, 0.6) is 5.75 Å². The molecule has 24 heavy (non-hydrogen) atoms. The van der Waals surface area contributed by atoms with Gasteiger partial charge in [0.1, 0.15) is 5.75 Å². The minimum absolute atomic E-state index is 0.0103. The molecular weight excluding hydrogens is 302 g/mol. The number of methoxy groups -OCH3 is 1. The summed E-state index contributed by atoms with van der Waals surface area (Å²) in [5, 5.41) is 2.92. The van der Waals surface area contributed by atoms with Crippen LogP contribution in [0.15, 0.2) is 48.5 Å². The second kappa shape index (κ2) is 9.08. The van der Waals surface area contributed by atoms with Gasteiger partial charge in [0.2, 0.25) is 5.91 Å². The van der Waals surface area contributed by atoms with E-state index in [0.29, 0.717) is 13.2 Å². The van der Waals surface area contributed by atoms with Gasteiger partial charge in [0, 0.05) is 14.0 Å². The Kier molecular flexibility index (Phi) is 6.82. The Bertz CT molecular complexity index is 635. The molecule has 4 heteroatoms. The van der Waals surface area contributed by atoms with E-state index in [0.717, 1.165) is 23.3 Å². The van der Waals surface area contributed by atoms with Crippen LogP contribution >= 0.6 is 0 Å². The molecule has 1 atom stereocenters. The molecule has 1 unspecified atom stereocenters. The van der Waals surface area contributed by atoms with E-state index >= 15 is 0 Å². The Morgan fingerprint density at radius 3 is 2.12 bits per heavy atom. The summed E-state index contributed by atoms with van der Waals surface area (Å²) in [6.07, 6.45) is 0.747. The summed E-state index contributed by atoms with van der Waals surface area (Å²) in [5.74, 6) is 0.846. The normalized spacial score (nSPS) is 11.8. The number of carbonyl (C=O) groups is 1. The Labute approximate surface area is 143 Å². The van der Waals surface area contributed by atoms with Crippen molar-refractivity contribution in [3.63, 3.8) is 0 Å². The minimum Gasteiger partial charge on any atom is -0.494 e. The van der Waals surface area contributed by atoms with E-state index in [-0.39, 0.29) is 11.9 Å². The van der Waals surface area contributed by atoms with Crippen LogP contribution in [-0.4, -0.2) is 32.3 Å². The fraction of sp³-hybridized carbons (Fsp3) is 0.350. The van der Waals surface area contributed by atoms with E-state index < -0.39 is 0 Å². The van der Waals surface area contributed by atoms with Gasteiger partial charge in [-0.15, -0.1) is 0 Å². The second-order valence-electron chi connectivity index (χ2n) is 5.71. The third-order valence-electron chi connectivity index (χ3n) is 3.71. The average Bonchev–Trinajstić information content (AvgIpc) is 2.56. The molecule has 0 bridgehead atoms. The van der Waals surface area contributed by atoms with Crippen molar-refractivity contribution in [1.82, 2.24) is 5.32 Å². The second-order valence-corrected chi connectivity index (χ2v) is 5.71. The van der Waals surface area contributed by atoms with Crippen LogP contribution in [0.25, 0.3) is 11.1 Å². The Morgan fingerprint density at radius 2 is 1.62 bits per heavy atom. The van der Waals surface area contributed by atoms with Gasteiger partial charge in [0.15, 0.2) is 0 Å². The van der Waals surface area contributed by atoms with Crippen molar-refractivity contribution in [1.29, 1.82) is 0 Å². The highest BCUT2D eigenvalue weighted by Gasteiger charge is 2.10. The zero-order chi connectivity index (χ0) is 17.4. The SMILES string of the molecule is CCOc1ccc(-c2ccc(CC(COC)NC(C)=O)cc2)cc1. The molecule has 0 heterocycles. The first-order chi connectivity index (χ1) is 11.6. The lowest BCUT2D eigenvalue weighted by atomic mass is 10.0. The number of carbonyl (C=O) groups excluding carboxylic acids is 1. The molecule has 0 aliphatic carbocycles. The number of hydrogen-bond donors (Lipinski definition) is 1. The van der Waals surface area contributed by atoms with Gasteiger partial charge in [-0.2, -0.15) is 0 Å². The van der Waals surface area contributed by atoms with Gasteiger partial charge in [-0.05, 0) is 42.2 Å². The number of rotatable bonds is 8. The smallest absolute Gasteiger partial charge is 0.217 e. The fourth-order valence-corrected chi connectivity index (χ4v) is 2.67. The van der Waals surface area contributed by atoms with Crippen molar-refractivity contribution in [3.8, 4) is 16.9 Å². The Hall–Kier alpha value is -2.33. The number of ether oxygens (including phenoxy) is 2. The van der Waals surface area contributed by atoms with Crippen LogP contribution in [-0.2, 0) is 16.0 Å². The molecule has 0 aliphatic heterocycles. The standard InChI is InChI=1S/C20H25NO3/c1-4-24-20-11-9-18(10-12-20)17-7-5-16(6-8-17)13-19(14-23-3)21-15(2)22/h5-12,19H,4,13-14H2,1-3H3,(H,21,22). The Balaban J connectivity index is 2.04. The molecule has 128 valence electrons. The molecule has 1 N–H and O–H groups in total. The van der Waals surface area contributed by atoms with Crippen molar-refractivity contribution in [2.24, 2.45) is 0 Å². The van der Waals surface area contributed by atoms with Crippen molar-refractivity contribution in [2.45, 2.75) is 26.3 Å². The first kappa shape index (κ1) is 18.0. The predicted octanol–water partition coefficient (Wildman–Crippen LogP) is 3.45. The van der Waals surface area contributed by atoms with Gasteiger partial charge < -0.3 is 14.8 Å². The molecule has 0 saturated carbocycles. The predicted molar refractivity (Wildman–Crippen MR) is 96.2 cm³/mol. The molecule has 4 nitrogen and oxygen atoms in total. The molecule has 0 aliphatic rings. The highest BCUT2D eigenvalue weighted by molar-refractivity contribution is 5.73. The molecular formula is C20H25NO3. The molecule has 2 rings (SSSR count). The van der Waals surface area contributed by atoms with Gasteiger partial charge in [0.25, 0.3) is 0 Å². The van der Waals surface area contributed by atoms with Gasteiger partial charge in [-0.3, -0.25) is 4.79 Å². The molecule has 0 radical (unpaired) electrons. The van der Waals surface area contributed by atoms with Gasteiger partial charge >= 0.3 is 0 Å². The summed E-state index contributed by atoms with van der Waals surface area (Å²) in [6.45, 7) is 4.67. The maximum absolute atomic E-state index is 11.3. The van der Waals surface area contributed by atoms with E-state index in [4.69, 9.17) is 9.47 Å². The number of hydrogen-bond acceptors (Lipinski definition) is 3. The lowest BCUT2D eigenvalue weighted by molar-refractivity contribution is -0.120. The molecule has 0 fully saturated rings. The topological polar surface area (TPSA) is 47.6 Å². The zero-order valence-electron chi connectivity index (χ0n) is 14.5. The Morgan fingerprint density at radius 1 is 1.04 bits per heavy atom. The van der Waals surface area contributed by atoms with E-state index in [1.54, 1.807) is 7.11 Å². The molecule has 0 aromatic heterocycles. The lowest BCUT2D eigenvalue weighted by Crippen LogP contribution is -2.38. The van der Waals surface area contributed by atoms with Crippen LogP contribution in [0.4, 0.5) is 0 Å². The van der Waals surface area contributed by atoms with Gasteiger partial charge in [0.05, 0.1) is 19.3 Å². The minimum atomic E-state index is -0.0388. The van der Waals surface area contributed by atoms with Gasteiger partial charge in [-0.1, -0.05) is 36.4 Å². The summed E-state index contributed by atoms with van der Waals surface area (Å²) in [5.41, 5.74) is 3.48. The van der Waals surface area contributed by atoms with Crippen LogP contribution < -0.4 is 10.1 Å². The molecule has 0 spiro atoms. The summed E-state index contributed by atoms with van der Waals surface area (Å²) >= 11 is 0. The highest BCUT2D eigenvalue weighted by atomic mass is 16.5. The summed E-state index contributed by atoms with van der Waals surface area (Å²) in [7, 11) is 1.64. The van der Waals surface area contributed by atoms with Crippen molar-refractivity contribution in [3.05, 3.63) is 54.1 Å². The maximum Gasteiger partial charge on any atom is 0.217 e. The molecule has 2 aromatic rings. The quantitative estimate of drug-likeness (QED) is 0.808. The zero-order valence-corrected chi connectivity index (χ0v) is 14.5. The van der Waals surface area contributed by atoms with Crippen molar-refractivity contribution >= 4 is 5.91 Å². The first-order valence-corrected chi connectivity index (χ1v) is 8.20. The third-order valence-corrected chi connectivity index (χ3v) is 3.71. The fourth-order valence-electron chi connectivity index (χ4n) is 2.67. The van der Waals surface area contributed by atoms with E-state index in [2.05, 4.69) is 41.7 Å². The average molecular weight is 327 g/mol. The number of benzene rings is 2. The lowest BCUT2D eigenvalue weighted by Gasteiger charge is -2.17. The molecule has 1 amide bonds. The maximum atomic E-state index is 11.3. The third kappa shape index (κ3) is 5.39. The number of nitrogens with one attached hydrogen (secondary N) is 1. The van der Waals surface area contributed by atoms with E-state index in [1.165, 1.54) is 12.5 Å². The van der Waals surface area contributed by atoms with Gasteiger partial charge in [-0.25, -0.2) is 0 Å².